The minimum absolute atomic E-state index is 0.615. The number of anilines is 6. The topological polar surface area (TPSA) is 63.3 Å². The molecule has 9 aromatic rings. The van der Waals surface area contributed by atoms with Crippen LogP contribution in [0.15, 0.2) is 170 Å². The van der Waals surface area contributed by atoms with Crippen molar-refractivity contribution in [2.24, 2.45) is 0 Å². The summed E-state index contributed by atoms with van der Waals surface area (Å²) in [6, 6.07) is 63.0. The van der Waals surface area contributed by atoms with E-state index < -0.39 is 0 Å². The van der Waals surface area contributed by atoms with Gasteiger partial charge in [-0.15, -0.1) is 0 Å². The summed E-state index contributed by atoms with van der Waals surface area (Å²) in [6.45, 7) is 4.28. The molecule has 0 fully saturated rings. The Kier molecular flexibility index (Phi) is 7.96. The molecule has 0 saturated heterocycles. The van der Waals surface area contributed by atoms with Crippen LogP contribution in [0, 0.1) is 36.5 Å². The summed E-state index contributed by atoms with van der Waals surface area (Å²) in [6.07, 6.45) is 0. The van der Waals surface area contributed by atoms with Gasteiger partial charge in [0.05, 0.1) is 29.0 Å². The molecule has 1 aliphatic rings. The van der Waals surface area contributed by atoms with Crippen molar-refractivity contribution in [1.29, 1.82) is 10.5 Å². The summed E-state index contributed by atoms with van der Waals surface area (Å²) in [5.74, 6) is 1.61. The highest BCUT2D eigenvalue weighted by Gasteiger charge is 2.26. The van der Waals surface area contributed by atoms with Gasteiger partial charge < -0.3 is 14.5 Å². The third-order valence-electron chi connectivity index (χ3n) is 10.9. The van der Waals surface area contributed by atoms with Crippen LogP contribution in [0.25, 0.3) is 43.4 Å². The van der Waals surface area contributed by atoms with Crippen molar-refractivity contribution in [3.05, 3.63) is 192 Å². The third kappa shape index (κ3) is 5.70. The third-order valence-corrected chi connectivity index (χ3v) is 10.9. The summed E-state index contributed by atoms with van der Waals surface area (Å²) in [5.41, 5.74) is 11.6. The molecular weight excluding hydrogens is 697 g/mol. The number of benzene rings is 9. The Morgan fingerprint density at radius 1 is 0.404 bits per heavy atom. The van der Waals surface area contributed by atoms with Crippen molar-refractivity contribution in [2.45, 2.75) is 13.8 Å². The minimum Gasteiger partial charge on any atom is -0.456 e. The molecule has 5 heteroatoms. The van der Waals surface area contributed by atoms with Crippen molar-refractivity contribution in [3.63, 3.8) is 0 Å². The SMILES string of the molecule is Cc1ccc2c(N(c3ccccc3)c3ccc(C#N)cc3)cc3c4cc(C)cc5c4c(cc3c2c1)-c1ccc(N(c2ccccc2)c2ccc(C#N)cc2)cc1O5. The van der Waals surface area contributed by atoms with Crippen LogP contribution in [0.1, 0.15) is 22.3 Å². The zero-order chi connectivity index (χ0) is 38.6. The van der Waals surface area contributed by atoms with Crippen molar-refractivity contribution >= 4 is 66.4 Å². The van der Waals surface area contributed by atoms with E-state index in [0.29, 0.717) is 11.1 Å². The van der Waals surface area contributed by atoms with Crippen LogP contribution in [0.3, 0.4) is 0 Å². The first-order valence-electron chi connectivity index (χ1n) is 18.9. The van der Waals surface area contributed by atoms with Crippen LogP contribution in [-0.4, -0.2) is 0 Å². The van der Waals surface area contributed by atoms with Crippen LogP contribution in [0.2, 0.25) is 0 Å². The predicted molar refractivity (Wildman–Crippen MR) is 233 cm³/mol. The molecule has 0 amide bonds. The van der Waals surface area contributed by atoms with E-state index in [0.717, 1.165) is 83.9 Å². The summed E-state index contributed by atoms with van der Waals surface area (Å²) in [5, 5.41) is 25.9. The number of nitriles is 2. The molecule has 0 saturated carbocycles. The molecule has 5 nitrogen and oxygen atoms in total. The van der Waals surface area contributed by atoms with Gasteiger partial charge in [-0.3, -0.25) is 0 Å². The van der Waals surface area contributed by atoms with Gasteiger partial charge in [0.1, 0.15) is 11.5 Å². The average molecular weight is 731 g/mol. The normalized spacial score (nSPS) is 11.4. The predicted octanol–water partition coefficient (Wildman–Crippen LogP) is 14.2. The van der Waals surface area contributed by atoms with Gasteiger partial charge >= 0.3 is 0 Å². The lowest BCUT2D eigenvalue weighted by Crippen LogP contribution is -2.11. The first-order valence-corrected chi connectivity index (χ1v) is 18.9. The molecule has 9 aromatic carbocycles. The average Bonchev–Trinajstić information content (AvgIpc) is 3.25. The summed E-state index contributed by atoms with van der Waals surface area (Å²) in [4.78, 5) is 4.48. The van der Waals surface area contributed by atoms with Crippen molar-refractivity contribution in [2.75, 3.05) is 9.80 Å². The zero-order valence-corrected chi connectivity index (χ0v) is 31.4. The van der Waals surface area contributed by atoms with Crippen LogP contribution >= 0.6 is 0 Å². The lowest BCUT2D eigenvalue weighted by atomic mass is 9.87. The molecule has 0 aromatic heterocycles. The Labute approximate surface area is 331 Å². The number of ether oxygens (including phenoxy) is 1. The number of hydrogen-bond acceptors (Lipinski definition) is 5. The molecule has 0 bridgehead atoms. The molecule has 1 heterocycles. The largest absolute Gasteiger partial charge is 0.456 e. The molecule has 0 unspecified atom stereocenters. The fraction of sp³-hybridized carbons (Fsp3) is 0.0385. The van der Waals surface area contributed by atoms with Crippen molar-refractivity contribution < 1.29 is 4.74 Å². The summed E-state index contributed by atoms with van der Waals surface area (Å²) >= 11 is 0. The molecule has 0 N–H and O–H groups in total. The Hall–Kier alpha value is -7.86. The molecule has 268 valence electrons. The smallest absolute Gasteiger partial charge is 0.137 e. The maximum absolute atomic E-state index is 9.60. The van der Waals surface area contributed by atoms with Gasteiger partial charge in [0.25, 0.3) is 0 Å². The van der Waals surface area contributed by atoms with Crippen LogP contribution < -0.4 is 14.5 Å². The zero-order valence-electron chi connectivity index (χ0n) is 31.4. The number of nitrogens with zero attached hydrogens (tertiary/aromatic N) is 4. The molecule has 1 aliphatic heterocycles. The van der Waals surface area contributed by atoms with Crippen LogP contribution in [-0.2, 0) is 0 Å². The standard InChI is InChI=1S/C52H34N4O/c1-33-13-23-42-44(25-33)45-29-48-43-24-22-41(55(37-9-5-3-6-10-37)39-18-14-35(31-53)15-19-39)28-50(43)57-51-27-34(2)26-47(52(48)51)46(45)30-49(42)56(38-11-7-4-8-12-38)40-20-16-36(32-54)17-21-40/h3-30H,1-2H3. The van der Waals surface area contributed by atoms with Gasteiger partial charge in [0.15, 0.2) is 0 Å². The van der Waals surface area contributed by atoms with E-state index in [1.165, 1.54) is 16.3 Å². The van der Waals surface area contributed by atoms with Gasteiger partial charge in [-0.2, -0.15) is 10.5 Å². The lowest BCUT2D eigenvalue weighted by Gasteiger charge is -2.29. The van der Waals surface area contributed by atoms with Gasteiger partial charge in [-0.05, 0) is 150 Å². The van der Waals surface area contributed by atoms with Gasteiger partial charge in [0.2, 0.25) is 0 Å². The van der Waals surface area contributed by atoms with Crippen molar-refractivity contribution in [3.8, 4) is 34.8 Å². The Bertz CT molecular complexity index is 3120. The quantitative estimate of drug-likeness (QED) is 0.159. The van der Waals surface area contributed by atoms with Gasteiger partial charge in [-0.25, -0.2) is 0 Å². The minimum atomic E-state index is 0.615. The van der Waals surface area contributed by atoms with E-state index in [1.54, 1.807) is 0 Å². The molecule has 0 aliphatic carbocycles. The van der Waals surface area contributed by atoms with Crippen LogP contribution in [0.4, 0.5) is 34.1 Å². The maximum Gasteiger partial charge on any atom is 0.137 e. The number of aryl methyl sites for hydroxylation is 2. The van der Waals surface area contributed by atoms with Gasteiger partial charge in [-0.1, -0.05) is 66.2 Å². The fourth-order valence-electron chi connectivity index (χ4n) is 8.33. The van der Waals surface area contributed by atoms with E-state index in [4.69, 9.17) is 4.74 Å². The van der Waals surface area contributed by atoms with E-state index in [9.17, 15) is 10.5 Å². The molecule has 0 atom stereocenters. The Balaban J connectivity index is 1.21. The number of para-hydroxylation sites is 2. The molecule has 0 spiro atoms. The summed E-state index contributed by atoms with van der Waals surface area (Å²) in [7, 11) is 0. The van der Waals surface area contributed by atoms with Crippen molar-refractivity contribution in [1.82, 2.24) is 0 Å². The second kappa shape index (κ2) is 13.5. The van der Waals surface area contributed by atoms with E-state index in [1.807, 2.05) is 72.8 Å². The highest BCUT2D eigenvalue weighted by Crippen LogP contribution is 2.53. The second-order valence-electron chi connectivity index (χ2n) is 14.6. The summed E-state index contributed by atoms with van der Waals surface area (Å²) < 4.78 is 6.92. The first kappa shape index (κ1) is 33.7. The fourth-order valence-corrected chi connectivity index (χ4v) is 8.33. The number of fused-ring (bicyclic) bond motifs is 6. The highest BCUT2D eigenvalue weighted by molar-refractivity contribution is 6.26. The van der Waals surface area contributed by atoms with E-state index in [-0.39, 0.29) is 0 Å². The Morgan fingerprint density at radius 2 is 0.947 bits per heavy atom. The second-order valence-corrected chi connectivity index (χ2v) is 14.6. The molecule has 10 rings (SSSR count). The lowest BCUT2D eigenvalue weighted by molar-refractivity contribution is 0.487. The Morgan fingerprint density at radius 3 is 1.60 bits per heavy atom. The molecule has 0 radical (unpaired) electrons. The number of rotatable bonds is 6. The molecule has 57 heavy (non-hydrogen) atoms. The molecular formula is C52H34N4O. The number of hydrogen-bond donors (Lipinski definition) is 0. The first-order chi connectivity index (χ1) is 28.0. The van der Waals surface area contributed by atoms with Gasteiger partial charge in [0, 0.05) is 50.8 Å². The monoisotopic (exact) mass is 730 g/mol. The maximum atomic E-state index is 9.60. The van der Waals surface area contributed by atoms with Crippen LogP contribution in [0.5, 0.6) is 11.5 Å². The highest BCUT2D eigenvalue weighted by atomic mass is 16.5. The van der Waals surface area contributed by atoms with E-state index >= 15 is 0 Å². The van der Waals surface area contributed by atoms with E-state index in [2.05, 4.69) is 133 Å².